The van der Waals surface area contributed by atoms with Gasteiger partial charge in [-0.25, -0.2) is 0 Å². The molecule has 1 unspecified atom stereocenters. The lowest BCUT2D eigenvalue weighted by Crippen LogP contribution is -2.52. The Morgan fingerprint density at radius 2 is 1.86 bits per heavy atom. The zero-order valence-corrected chi connectivity index (χ0v) is 9.04. The van der Waals surface area contributed by atoms with Gasteiger partial charge in [-0.15, -0.1) is 0 Å². The molecule has 2 aliphatic rings. The second-order valence-corrected chi connectivity index (χ2v) is 4.57. The summed E-state index contributed by atoms with van der Waals surface area (Å²) < 4.78 is 0. The molecular formula is C11H20N2O. The van der Waals surface area contributed by atoms with Crippen molar-refractivity contribution in [3.63, 3.8) is 0 Å². The van der Waals surface area contributed by atoms with Crippen molar-refractivity contribution in [3.8, 4) is 0 Å². The van der Waals surface area contributed by atoms with E-state index in [0.717, 1.165) is 45.4 Å². The summed E-state index contributed by atoms with van der Waals surface area (Å²) in [7, 11) is 2.15. The molecule has 1 saturated carbocycles. The van der Waals surface area contributed by atoms with Gasteiger partial charge in [0.1, 0.15) is 5.78 Å². The highest BCUT2D eigenvalue weighted by atomic mass is 16.1. The fourth-order valence-electron chi connectivity index (χ4n) is 2.48. The predicted octanol–water partition coefficient (Wildman–Crippen LogP) is 0.745. The average Bonchev–Trinajstić information content (AvgIpc) is 2.20. The van der Waals surface area contributed by atoms with Crippen LogP contribution < -0.4 is 0 Å². The standard InChI is InChI=1S/C11H20N2O/c1-12-6-8-13(9-7-12)10-4-2-3-5-11(10)14/h10H,2-9H2,1H3. The van der Waals surface area contributed by atoms with Crippen molar-refractivity contribution in [3.05, 3.63) is 0 Å². The van der Waals surface area contributed by atoms with E-state index in [2.05, 4.69) is 16.8 Å². The van der Waals surface area contributed by atoms with Crippen LogP contribution in [0.1, 0.15) is 25.7 Å². The normalized spacial score (nSPS) is 32.1. The topological polar surface area (TPSA) is 23.6 Å². The maximum Gasteiger partial charge on any atom is 0.149 e. The number of Topliss-reactive ketones (excluding diaryl/α,β-unsaturated/α-hetero) is 1. The molecule has 0 aromatic rings. The van der Waals surface area contributed by atoms with Crippen molar-refractivity contribution in [1.82, 2.24) is 9.80 Å². The number of hydrogen-bond acceptors (Lipinski definition) is 3. The van der Waals surface area contributed by atoms with Gasteiger partial charge in [0.25, 0.3) is 0 Å². The molecule has 0 radical (unpaired) electrons. The van der Waals surface area contributed by atoms with Gasteiger partial charge >= 0.3 is 0 Å². The van der Waals surface area contributed by atoms with E-state index in [9.17, 15) is 4.79 Å². The molecule has 0 spiro atoms. The molecule has 1 aliphatic heterocycles. The van der Waals surface area contributed by atoms with Crippen LogP contribution in [0.2, 0.25) is 0 Å². The summed E-state index contributed by atoms with van der Waals surface area (Å²) in [4.78, 5) is 16.4. The third-order valence-corrected chi connectivity index (χ3v) is 3.50. The number of likely N-dealkylation sites (N-methyl/N-ethyl adjacent to an activating group) is 1. The zero-order valence-electron chi connectivity index (χ0n) is 9.04. The Kier molecular flexibility index (Phi) is 3.19. The van der Waals surface area contributed by atoms with Crippen molar-refractivity contribution in [1.29, 1.82) is 0 Å². The van der Waals surface area contributed by atoms with Crippen LogP contribution in [0, 0.1) is 0 Å². The van der Waals surface area contributed by atoms with Gasteiger partial charge < -0.3 is 4.90 Å². The van der Waals surface area contributed by atoms with E-state index >= 15 is 0 Å². The Balaban J connectivity index is 1.90. The molecule has 2 rings (SSSR count). The Labute approximate surface area is 86.1 Å². The summed E-state index contributed by atoms with van der Waals surface area (Å²) >= 11 is 0. The summed E-state index contributed by atoms with van der Waals surface area (Å²) in [5.74, 6) is 0.487. The van der Waals surface area contributed by atoms with Crippen LogP contribution in [0.4, 0.5) is 0 Å². The maximum absolute atomic E-state index is 11.7. The lowest BCUT2D eigenvalue weighted by molar-refractivity contribution is -0.126. The van der Waals surface area contributed by atoms with Gasteiger partial charge in [0.15, 0.2) is 0 Å². The number of carbonyl (C=O) groups excluding carboxylic acids is 1. The van der Waals surface area contributed by atoms with Crippen molar-refractivity contribution in [2.75, 3.05) is 33.2 Å². The van der Waals surface area contributed by atoms with Crippen molar-refractivity contribution >= 4 is 5.78 Å². The number of carbonyl (C=O) groups is 1. The highest BCUT2D eigenvalue weighted by Gasteiger charge is 2.29. The lowest BCUT2D eigenvalue weighted by atomic mass is 9.92. The molecule has 1 heterocycles. The van der Waals surface area contributed by atoms with Gasteiger partial charge in [-0.05, 0) is 19.9 Å². The second kappa shape index (κ2) is 4.41. The molecule has 1 aliphatic carbocycles. The van der Waals surface area contributed by atoms with Crippen molar-refractivity contribution in [2.45, 2.75) is 31.7 Å². The molecular weight excluding hydrogens is 176 g/mol. The van der Waals surface area contributed by atoms with E-state index in [-0.39, 0.29) is 6.04 Å². The fraction of sp³-hybridized carbons (Fsp3) is 0.909. The van der Waals surface area contributed by atoms with Gasteiger partial charge in [0.2, 0.25) is 0 Å². The van der Waals surface area contributed by atoms with Crippen LogP contribution in [0.25, 0.3) is 0 Å². The average molecular weight is 196 g/mol. The molecule has 0 N–H and O–H groups in total. The first-order valence-electron chi connectivity index (χ1n) is 5.72. The van der Waals surface area contributed by atoms with Gasteiger partial charge in [0, 0.05) is 32.6 Å². The fourth-order valence-corrected chi connectivity index (χ4v) is 2.48. The number of nitrogens with zero attached hydrogens (tertiary/aromatic N) is 2. The molecule has 0 aromatic heterocycles. The highest BCUT2D eigenvalue weighted by molar-refractivity contribution is 5.84. The first kappa shape index (κ1) is 10.1. The first-order chi connectivity index (χ1) is 6.77. The summed E-state index contributed by atoms with van der Waals surface area (Å²) in [6.45, 7) is 4.38. The molecule has 1 atom stereocenters. The third-order valence-electron chi connectivity index (χ3n) is 3.50. The number of rotatable bonds is 1. The Morgan fingerprint density at radius 1 is 1.14 bits per heavy atom. The first-order valence-corrected chi connectivity index (χ1v) is 5.72. The van der Waals surface area contributed by atoms with E-state index < -0.39 is 0 Å². The van der Waals surface area contributed by atoms with Gasteiger partial charge in [-0.2, -0.15) is 0 Å². The van der Waals surface area contributed by atoms with Crippen LogP contribution in [0.5, 0.6) is 0 Å². The Hall–Kier alpha value is -0.410. The molecule has 0 amide bonds. The van der Waals surface area contributed by atoms with Gasteiger partial charge in [-0.1, -0.05) is 6.42 Å². The monoisotopic (exact) mass is 196 g/mol. The SMILES string of the molecule is CN1CCN(C2CCCCC2=O)CC1. The third kappa shape index (κ3) is 2.15. The Bertz CT molecular complexity index is 209. The van der Waals surface area contributed by atoms with Gasteiger partial charge in [0.05, 0.1) is 6.04 Å². The highest BCUT2D eigenvalue weighted by Crippen LogP contribution is 2.20. The summed E-state index contributed by atoms with van der Waals surface area (Å²) in [5.41, 5.74) is 0. The van der Waals surface area contributed by atoms with Crippen molar-refractivity contribution < 1.29 is 4.79 Å². The molecule has 0 bridgehead atoms. The summed E-state index contributed by atoms with van der Waals surface area (Å²) in [6.07, 6.45) is 4.27. The molecule has 3 heteroatoms. The summed E-state index contributed by atoms with van der Waals surface area (Å²) in [5, 5.41) is 0. The molecule has 80 valence electrons. The number of hydrogen-bond donors (Lipinski definition) is 0. The minimum absolute atomic E-state index is 0.262. The minimum Gasteiger partial charge on any atom is -0.304 e. The van der Waals surface area contributed by atoms with Gasteiger partial charge in [-0.3, -0.25) is 9.69 Å². The molecule has 3 nitrogen and oxygen atoms in total. The summed E-state index contributed by atoms with van der Waals surface area (Å²) in [6, 6.07) is 0.262. The Morgan fingerprint density at radius 3 is 2.50 bits per heavy atom. The maximum atomic E-state index is 11.7. The molecule has 2 fully saturated rings. The van der Waals surface area contributed by atoms with Crippen molar-refractivity contribution in [2.24, 2.45) is 0 Å². The van der Waals surface area contributed by atoms with E-state index in [0.29, 0.717) is 5.78 Å². The largest absolute Gasteiger partial charge is 0.304 e. The van der Waals surface area contributed by atoms with Crippen LogP contribution in [-0.4, -0.2) is 54.9 Å². The van der Waals surface area contributed by atoms with E-state index in [1.165, 1.54) is 6.42 Å². The van der Waals surface area contributed by atoms with E-state index in [1.807, 2.05) is 0 Å². The number of ketones is 1. The van der Waals surface area contributed by atoms with Crippen LogP contribution in [-0.2, 0) is 4.79 Å². The zero-order chi connectivity index (χ0) is 9.97. The molecule has 14 heavy (non-hydrogen) atoms. The minimum atomic E-state index is 0.262. The number of piperazine rings is 1. The lowest BCUT2D eigenvalue weighted by Gasteiger charge is -2.38. The second-order valence-electron chi connectivity index (χ2n) is 4.57. The predicted molar refractivity (Wildman–Crippen MR) is 56.3 cm³/mol. The smallest absolute Gasteiger partial charge is 0.149 e. The van der Waals surface area contributed by atoms with Crippen LogP contribution in [0.15, 0.2) is 0 Å². The molecule has 1 saturated heterocycles. The van der Waals surface area contributed by atoms with Crippen LogP contribution in [0.3, 0.4) is 0 Å². The quantitative estimate of drug-likeness (QED) is 0.618. The molecule has 0 aromatic carbocycles. The van der Waals surface area contributed by atoms with E-state index in [4.69, 9.17) is 0 Å². The van der Waals surface area contributed by atoms with Crippen LogP contribution >= 0.6 is 0 Å². The van der Waals surface area contributed by atoms with E-state index in [1.54, 1.807) is 0 Å².